The fraction of sp³-hybridized carbons (Fsp3) is 0.400. The van der Waals surface area contributed by atoms with Crippen molar-refractivity contribution < 1.29 is 13.9 Å². The molecule has 0 atom stereocenters. The minimum absolute atomic E-state index is 0.325. The van der Waals surface area contributed by atoms with Crippen LogP contribution in [-0.2, 0) is 17.8 Å². The van der Waals surface area contributed by atoms with E-state index in [2.05, 4.69) is 10.3 Å². The molecule has 1 aliphatic rings. The maximum atomic E-state index is 14.1. The minimum Gasteiger partial charge on any atom is -0.496 e. The Hall–Kier alpha value is -1.88. The van der Waals surface area contributed by atoms with Crippen LogP contribution < -0.4 is 10.1 Å². The summed E-state index contributed by atoms with van der Waals surface area (Å²) in [6.07, 6.45) is 0.709. The zero-order valence-corrected chi connectivity index (χ0v) is 11.6. The fourth-order valence-electron chi connectivity index (χ4n) is 2.64. The second kappa shape index (κ2) is 5.25. The number of anilines is 1. The molecule has 0 unspecified atom stereocenters. The van der Waals surface area contributed by atoms with Gasteiger partial charge in [-0.2, -0.15) is 0 Å². The van der Waals surface area contributed by atoms with Crippen molar-refractivity contribution in [1.82, 2.24) is 4.98 Å². The molecule has 106 valence electrons. The van der Waals surface area contributed by atoms with Gasteiger partial charge in [-0.15, -0.1) is 0 Å². The van der Waals surface area contributed by atoms with Crippen LogP contribution in [0.2, 0.25) is 0 Å². The maximum absolute atomic E-state index is 14.1. The van der Waals surface area contributed by atoms with Crippen LogP contribution in [0.25, 0.3) is 10.9 Å². The predicted octanol–water partition coefficient (Wildman–Crippen LogP) is 2.89. The van der Waals surface area contributed by atoms with E-state index in [1.165, 1.54) is 6.07 Å². The van der Waals surface area contributed by atoms with Gasteiger partial charge >= 0.3 is 0 Å². The van der Waals surface area contributed by atoms with Gasteiger partial charge in [0.05, 0.1) is 37.1 Å². The van der Waals surface area contributed by atoms with Crippen LogP contribution in [-0.4, -0.2) is 25.2 Å². The van der Waals surface area contributed by atoms with E-state index in [0.717, 1.165) is 23.5 Å². The van der Waals surface area contributed by atoms with Crippen molar-refractivity contribution in [2.75, 3.05) is 25.6 Å². The number of methoxy groups -OCH3 is 1. The molecule has 1 aliphatic heterocycles. The normalized spacial score (nSPS) is 14.2. The van der Waals surface area contributed by atoms with Gasteiger partial charge in [-0.25, -0.2) is 9.37 Å². The Labute approximate surface area is 116 Å². The number of aromatic nitrogens is 1. The molecule has 0 bridgehead atoms. The van der Waals surface area contributed by atoms with Crippen molar-refractivity contribution in [3.05, 3.63) is 29.2 Å². The molecule has 4 nitrogen and oxygen atoms in total. The summed E-state index contributed by atoms with van der Waals surface area (Å²) in [6, 6.07) is 3.03. The number of benzene rings is 1. The SMILES string of the molecule is CCNc1c2c(nc3c(F)ccc(OC)c13)CCOC2. The highest BCUT2D eigenvalue weighted by Gasteiger charge is 2.22. The average molecular weight is 276 g/mol. The van der Waals surface area contributed by atoms with Crippen LogP contribution in [0.15, 0.2) is 12.1 Å². The number of fused-ring (bicyclic) bond motifs is 2. The second-order valence-corrected chi connectivity index (χ2v) is 4.72. The number of halogens is 1. The molecule has 0 radical (unpaired) electrons. The number of nitrogens with one attached hydrogen (secondary N) is 1. The number of pyridine rings is 1. The molecule has 0 saturated heterocycles. The summed E-state index contributed by atoms with van der Waals surface area (Å²) in [5.41, 5.74) is 3.16. The second-order valence-electron chi connectivity index (χ2n) is 4.72. The lowest BCUT2D eigenvalue weighted by atomic mass is 10.0. The predicted molar refractivity (Wildman–Crippen MR) is 75.8 cm³/mol. The zero-order chi connectivity index (χ0) is 14.1. The van der Waals surface area contributed by atoms with Crippen molar-refractivity contribution in [2.45, 2.75) is 20.0 Å². The van der Waals surface area contributed by atoms with E-state index < -0.39 is 0 Å². The first-order valence-electron chi connectivity index (χ1n) is 6.75. The van der Waals surface area contributed by atoms with Gasteiger partial charge in [0.25, 0.3) is 0 Å². The van der Waals surface area contributed by atoms with Crippen LogP contribution in [0.1, 0.15) is 18.2 Å². The smallest absolute Gasteiger partial charge is 0.149 e. The van der Waals surface area contributed by atoms with E-state index in [4.69, 9.17) is 9.47 Å². The topological polar surface area (TPSA) is 43.4 Å². The van der Waals surface area contributed by atoms with Gasteiger partial charge in [0.2, 0.25) is 0 Å². The standard InChI is InChI=1S/C15H17FN2O2/c1-3-17-14-9-8-20-7-6-11(9)18-15-10(16)4-5-12(19-2)13(14)15/h4-5H,3,6-8H2,1-2H3,(H,17,18). The summed E-state index contributed by atoms with van der Waals surface area (Å²) < 4.78 is 25.0. The molecule has 0 spiro atoms. The van der Waals surface area contributed by atoms with Crippen molar-refractivity contribution in [3.8, 4) is 5.75 Å². The third-order valence-corrected chi connectivity index (χ3v) is 3.54. The minimum atomic E-state index is -0.325. The summed E-state index contributed by atoms with van der Waals surface area (Å²) in [5, 5.41) is 4.01. The molecule has 0 fully saturated rings. The van der Waals surface area contributed by atoms with Gasteiger partial charge in [-0.05, 0) is 19.1 Å². The Morgan fingerprint density at radius 2 is 2.30 bits per heavy atom. The number of hydrogen-bond acceptors (Lipinski definition) is 4. The molecular formula is C15H17FN2O2. The van der Waals surface area contributed by atoms with E-state index in [9.17, 15) is 4.39 Å². The van der Waals surface area contributed by atoms with Crippen LogP contribution in [0.3, 0.4) is 0 Å². The molecule has 3 rings (SSSR count). The first-order chi connectivity index (χ1) is 9.76. The Morgan fingerprint density at radius 3 is 3.05 bits per heavy atom. The summed E-state index contributed by atoms with van der Waals surface area (Å²) in [7, 11) is 1.58. The largest absolute Gasteiger partial charge is 0.496 e. The number of rotatable bonds is 3. The third kappa shape index (κ3) is 1.98. The number of nitrogens with zero attached hydrogens (tertiary/aromatic N) is 1. The molecule has 0 saturated carbocycles. The number of ether oxygens (including phenoxy) is 2. The summed E-state index contributed by atoms with van der Waals surface area (Å²) in [4.78, 5) is 4.49. The Balaban J connectivity index is 2.38. The van der Waals surface area contributed by atoms with Crippen molar-refractivity contribution in [2.24, 2.45) is 0 Å². The molecule has 5 heteroatoms. The highest BCUT2D eigenvalue weighted by molar-refractivity contribution is 5.98. The lowest BCUT2D eigenvalue weighted by Crippen LogP contribution is -2.16. The molecular weight excluding hydrogens is 259 g/mol. The van der Waals surface area contributed by atoms with Crippen LogP contribution in [0.4, 0.5) is 10.1 Å². The monoisotopic (exact) mass is 276 g/mol. The molecule has 0 aliphatic carbocycles. The number of hydrogen-bond donors (Lipinski definition) is 1. The van der Waals surface area contributed by atoms with Gasteiger partial charge in [0.15, 0.2) is 0 Å². The maximum Gasteiger partial charge on any atom is 0.149 e. The van der Waals surface area contributed by atoms with Gasteiger partial charge in [-0.1, -0.05) is 0 Å². The van der Waals surface area contributed by atoms with Crippen molar-refractivity contribution >= 4 is 16.6 Å². The highest BCUT2D eigenvalue weighted by atomic mass is 19.1. The first-order valence-corrected chi connectivity index (χ1v) is 6.75. The summed E-state index contributed by atoms with van der Waals surface area (Å²) in [5.74, 6) is 0.299. The van der Waals surface area contributed by atoms with E-state index in [-0.39, 0.29) is 5.82 Å². The molecule has 2 heterocycles. The Bertz CT molecular complexity index is 658. The van der Waals surface area contributed by atoms with Gasteiger partial charge < -0.3 is 14.8 Å². The van der Waals surface area contributed by atoms with E-state index >= 15 is 0 Å². The average Bonchev–Trinajstić information content (AvgIpc) is 2.48. The Morgan fingerprint density at radius 1 is 1.45 bits per heavy atom. The quantitative estimate of drug-likeness (QED) is 0.936. The third-order valence-electron chi connectivity index (χ3n) is 3.54. The van der Waals surface area contributed by atoms with Gasteiger partial charge in [0, 0.05) is 18.5 Å². The molecule has 1 aromatic heterocycles. The lowest BCUT2D eigenvalue weighted by Gasteiger charge is -2.22. The highest BCUT2D eigenvalue weighted by Crippen LogP contribution is 2.38. The van der Waals surface area contributed by atoms with E-state index in [0.29, 0.717) is 36.3 Å². The summed E-state index contributed by atoms with van der Waals surface area (Å²) >= 11 is 0. The molecule has 0 amide bonds. The van der Waals surface area contributed by atoms with E-state index in [1.807, 2.05) is 6.92 Å². The van der Waals surface area contributed by atoms with Crippen LogP contribution >= 0.6 is 0 Å². The molecule has 1 N–H and O–H groups in total. The van der Waals surface area contributed by atoms with Gasteiger partial charge in [-0.3, -0.25) is 0 Å². The Kier molecular flexibility index (Phi) is 3.44. The zero-order valence-electron chi connectivity index (χ0n) is 11.6. The molecule has 20 heavy (non-hydrogen) atoms. The van der Waals surface area contributed by atoms with Crippen LogP contribution in [0.5, 0.6) is 5.75 Å². The van der Waals surface area contributed by atoms with Gasteiger partial charge in [0.1, 0.15) is 17.1 Å². The fourth-order valence-corrected chi connectivity index (χ4v) is 2.64. The summed E-state index contributed by atoms with van der Waals surface area (Å²) in [6.45, 7) is 3.88. The van der Waals surface area contributed by atoms with Crippen molar-refractivity contribution in [3.63, 3.8) is 0 Å². The van der Waals surface area contributed by atoms with Crippen molar-refractivity contribution in [1.29, 1.82) is 0 Å². The van der Waals surface area contributed by atoms with Crippen LogP contribution in [0, 0.1) is 5.82 Å². The lowest BCUT2D eigenvalue weighted by molar-refractivity contribution is 0.110. The molecule has 2 aromatic rings. The van der Waals surface area contributed by atoms with E-state index in [1.54, 1.807) is 13.2 Å². The first kappa shape index (κ1) is 13.1. The molecule has 1 aromatic carbocycles.